The largest absolute Gasteiger partial charge is 0.466 e. The smallest absolute Gasteiger partial charge is 0.354 e. The lowest BCUT2D eigenvalue weighted by Gasteiger charge is -2.38. The average Bonchev–Trinajstić information content (AvgIpc) is 3.06. The Morgan fingerprint density at radius 3 is 2.41 bits per heavy atom. The van der Waals surface area contributed by atoms with Gasteiger partial charge in [-0.2, -0.15) is 0 Å². The van der Waals surface area contributed by atoms with Crippen LogP contribution < -0.4 is 5.32 Å². The third-order valence-electron chi connectivity index (χ3n) is 5.34. The van der Waals surface area contributed by atoms with E-state index in [-0.39, 0.29) is 5.70 Å². The SMILES string of the molecule is COC(=O)C1=C(C(=O)OC)C2(CCN1)/C(=C/c1ccccc1)Sc1ccccc12. The zero-order valence-corrected chi connectivity index (χ0v) is 17.0. The number of thioether (sulfide) groups is 1. The van der Waals surface area contributed by atoms with Gasteiger partial charge in [0.2, 0.25) is 0 Å². The first kappa shape index (κ1) is 19.3. The number of ether oxygens (including phenoxy) is 2. The first-order valence-corrected chi connectivity index (χ1v) is 10.1. The van der Waals surface area contributed by atoms with Gasteiger partial charge in [-0.3, -0.25) is 0 Å². The maximum atomic E-state index is 13.0. The van der Waals surface area contributed by atoms with E-state index in [1.165, 1.54) is 14.2 Å². The normalized spacial score (nSPS) is 21.7. The summed E-state index contributed by atoms with van der Waals surface area (Å²) in [6, 6.07) is 18.0. The molecule has 2 aromatic rings. The molecule has 1 N–H and O–H groups in total. The van der Waals surface area contributed by atoms with Gasteiger partial charge in [-0.15, -0.1) is 0 Å². The van der Waals surface area contributed by atoms with Crippen LogP contribution in [0.2, 0.25) is 0 Å². The number of hydrogen-bond donors (Lipinski definition) is 1. The number of carbonyl (C=O) groups is 2. The molecule has 2 aromatic carbocycles. The van der Waals surface area contributed by atoms with Gasteiger partial charge in [0.05, 0.1) is 25.2 Å². The summed E-state index contributed by atoms with van der Waals surface area (Å²) in [5.74, 6) is -1.10. The van der Waals surface area contributed by atoms with Gasteiger partial charge >= 0.3 is 11.9 Å². The van der Waals surface area contributed by atoms with Gasteiger partial charge < -0.3 is 14.8 Å². The zero-order valence-electron chi connectivity index (χ0n) is 16.2. The second-order valence-electron chi connectivity index (χ2n) is 6.83. The highest BCUT2D eigenvalue weighted by molar-refractivity contribution is 8.03. The fourth-order valence-electron chi connectivity index (χ4n) is 4.07. The Morgan fingerprint density at radius 2 is 1.69 bits per heavy atom. The monoisotopic (exact) mass is 407 g/mol. The highest BCUT2D eigenvalue weighted by Gasteiger charge is 2.53. The number of benzene rings is 2. The van der Waals surface area contributed by atoms with Crippen molar-refractivity contribution in [2.75, 3.05) is 20.8 Å². The van der Waals surface area contributed by atoms with E-state index in [0.717, 1.165) is 20.9 Å². The van der Waals surface area contributed by atoms with Crippen molar-refractivity contribution in [2.24, 2.45) is 0 Å². The Morgan fingerprint density at radius 1 is 1.00 bits per heavy atom. The molecule has 0 bridgehead atoms. The first-order chi connectivity index (χ1) is 14.1. The topological polar surface area (TPSA) is 64.6 Å². The second-order valence-corrected chi connectivity index (χ2v) is 7.92. The van der Waals surface area contributed by atoms with Gasteiger partial charge in [0, 0.05) is 16.3 Å². The number of rotatable bonds is 3. The number of methoxy groups -OCH3 is 2. The second kappa shape index (κ2) is 7.79. The van der Waals surface area contributed by atoms with E-state index in [9.17, 15) is 9.59 Å². The fourth-order valence-corrected chi connectivity index (χ4v) is 5.49. The third-order valence-corrected chi connectivity index (χ3v) is 6.60. The Hall–Kier alpha value is -2.99. The van der Waals surface area contributed by atoms with E-state index in [0.29, 0.717) is 18.5 Å². The van der Waals surface area contributed by atoms with Crippen LogP contribution in [0.5, 0.6) is 0 Å². The Balaban J connectivity index is 2.02. The van der Waals surface area contributed by atoms with E-state index in [1.807, 2.05) is 54.6 Å². The van der Waals surface area contributed by atoms with Crippen molar-refractivity contribution >= 4 is 29.8 Å². The number of fused-ring (bicyclic) bond motifs is 2. The Bertz CT molecular complexity index is 1030. The molecule has 4 rings (SSSR count). The molecule has 2 aliphatic rings. The van der Waals surface area contributed by atoms with Crippen molar-refractivity contribution in [1.29, 1.82) is 0 Å². The van der Waals surface area contributed by atoms with Crippen molar-refractivity contribution in [3.05, 3.63) is 81.9 Å². The third kappa shape index (κ3) is 3.13. The highest BCUT2D eigenvalue weighted by atomic mass is 32.2. The predicted molar refractivity (Wildman–Crippen MR) is 112 cm³/mol. The molecular weight excluding hydrogens is 386 g/mol. The van der Waals surface area contributed by atoms with Crippen LogP contribution in [0.3, 0.4) is 0 Å². The van der Waals surface area contributed by atoms with Gasteiger partial charge in [-0.25, -0.2) is 9.59 Å². The van der Waals surface area contributed by atoms with Gasteiger partial charge in [0.1, 0.15) is 5.70 Å². The quantitative estimate of drug-likeness (QED) is 0.784. The van der Waals surface area contributed by atoms with Gasteiger partial charge in [-0.1, -0.05) is 60.3 Å². The Kier molecular flexibility index (Phi) is 5.20. The lowest BCUT2D eigenvalue weighted by Crippen LogP contribution is -2.44. The molecule has 0 radical (unpaired) electrons. The van der Waals surface area contributed by atoms with Crippen LogP contribution in [0.15, 0.2) is 75.7 Å². The molecule has 148 valence electrons. The maximum absolute atomic E-state index is 13.0. The van der Waals surface area contributed by atoms with E-state index in [1.54, 1.807) is 11.8 Å². The molecule has 0 aliphatic carbocycles. The molecule has 0 saturated heterocycles. The van der Waals surface area contributed by atoms with E-state index in [4.69, 9.17) is 9.47 Å². The van der Waals surface area contributed by atoms with Crippen molar-refractivity contribution in [3.63, 3.8) is 0 Å². The summed E-state index contributed by atoms with van der Waals surface area (Å²) in [6.07, 6.45) is 2.72. The minimum atomic E-state index is -0.765. The molecule has 6 heteroatoms. The number of nitrogens with one attached hydrogen (secondary N) is 1. The Labute approximate surface area is 173 Å². The van der Waals surface area contributed by atoms with E-state index < -0.39 is 17.4 Å². The lowest BCUT2D eigenvalue weighted by atomic mass is 9.68. The zero-order chi connectivity index (χ0) is 20.4. The van der Waals surface area contributed by atoms with E-state index in [2.05, 4.69) is 11.4 Å². The highest BCUT2D eigenvalue weighted by Crippen LogP contribution is 2.59. The van der Waals surface area contributed by atoms with Gasteiger partial charge in [0.15, 0.2) is 0 Å². The van der Waals surface area contributed by atoms with Crippen LogP contribution in [0.4, 0.5) is 0 Å². The minimum absolute atomic E-state index is 0.168. The molecule has 0 saturated carbocycles. The molecule has 5 nitrogen and oxygen atoms in total. The first-order valence-electron chi connectivity index (χ1n) is 9.31. The van der Waals surface area contributed by atoms with Crippen LogP contribution in [0.25, 0.3) is 6.08 Å². The molecular formula is C23H21NO4S. The predicted octanol–water partition coefficient (Wildman–Crippen LogP) is 3.66. The number of carbonyl (C=O) groups excluding carboxylic acids is 2. The minimum Gasteiger partial charge on any atom is -0.466 e. The van der Waals surface area contributed by atoms with Crippen LogP contribution in [-0.4, -0.2) is 32.7 Å². The molecule has 2 heterocycles. The number of allylic oxidation sites excluding steroid dienone is 1. The molecule has 29 heavy (non-hydrogen) atoms. The number of hydrogen-bond acceptors (Lipinski definition) is 6. The van der Waals surface area contributed by atoms with Crippen LogP contribution in [-0.2, 0) is 24.5 Å². The summed E-state index contributed by atoms with van der Waals surface area (Å²) < 4.78 is 10.1. The molecule has 1 unspecified atom stereocenters. The maximum Gasteiger partial charge on any atom is 0.354 e. The van der Waals surface area contributed by atoms with Crippen LogP contribution in [0.1, 0.15) is 17.5 Å². The summed E-state index contributed by atoms with van der Waals surface area (Å²) in [6.45, 7) is 0.534. The van der Waals surface area contributed by atoms with Crippen molar-refractivity contribution in [3.8, 4) is 0 Å². The fraction of sp³-hybridized carbons (Fsp3) is 0.217. The summed E-state index contributed by atoms with van der Waals surface area (Å²) in [5, 5.41) is 3.07. The summed E-state index contributed by atoms with van der Waals surface area (Å²) in [5.41, 5.74) is 1.75. The molecule has 0 fully saturated rings. The summed E-state index contributed by atoms with van der Waals surface area (Å²) in [4.78, 5) is 27.6. The van der Waals surface area contributed by atoms with Crippen molar-refractivity contribution in [2.45, 2.75) is 16.7 Å². The van der Waals surface area contributed by atoms with Crippen LogP contribution >= 0.6 is 11.8 Å². The summed E-state index contributed by atoms with van der Waals surface area (Å²) in [7, 11) is 2.65. The van der Waals surface area contributed by atoms with Gasteiger partial charge in [0.25, 0.3) is 0 Å². The molecule has 1 atom stereocenters. The lowest BCUT2D eigenvalue weighted by molar-refractivity contribution is -0.140. The molecule has 2 aliphatic heterocycles. The molecule has 0 aromatic heterocycles. The van der Waals surface area contributed by atoms with Gasteiger partial charge in [-0.05, 0) is 29.7 Å². The number of esters is 2. The van der Waals surface area contributed by atoms with Crippen LogP contribution in [0, 0.1) is 0 Å². The average molecular weight is 407 g/mol. The molecule has 0 amide bonds. The van der Waals surface area contributed by atoms with Crippen molar-refractivity contribution < 1.29 is 19.1 Å². The summed E-state index contributed by atoms with van der Waals surface area (Å²) >= 11 is 1.63. The van der Waals surface area contributed by atoms with E-state index >= 15 is 0 Å². The molecule has 1 spiro atoms. The van der Waals surface area contributed by atoms with Crippen molar-refractivity contribution in [1.82, 2.24) is 5.32 Å². The standard InChI is InChI=1S/C23H21NO4S/c1-27-21(25)19-20(22(26)28-2)24-13-12-23(19)16-10-6-7-11-17(16)29-18(23)14-15-8-4-3-5-9-15/h3-11,14,24H,12-13H2,1-2H3/b18-14-.